The van der Waals surface area contributed by atoms with Crippen molar-refractivity contribution in [2.45, 2.75) is 20.3 Å². The Kier molecular flexibility index (Phi) is 6.45. The zero-order chi connectivity index (χ0) is 19.9. The highest BCUT2D eigenvalue weighted by atomic mass is 35.5. The van der Waals surface area contributed by atoms with Crippen LogP contribution in [0.2, 0.25) is 5.02 Å². The minimum Gasteiger partial charge on any atom is -0.354 e. The number of amides is 1. The maximum atomic E-state index is 11.1. The van der Waals surface area contributed by atoms with Crippen molar-refractivity contribution < 1.29 is 4.79 Å². The first-order chi connectivity index (χ1) is 13.5. The zero-order valence-corrected chi connectivity index (χ0v) is 16.5. The second-order valence-corrected chi connectivity index (χ2v) is 6.84. The fourth-order valence-corrected chi connectivity index (χ4v) is 2.92. The highest BCUT2D eigenvalue weighted by Gasteiger charge is 2.04. The van der Waals surface area contributed by atoms with Gasteiger partial charge in [0, 0.05) is 41.6 Å². The van der Waals surface area contributed by atoms with Gasteiger partial charge in [0.1, 0.15) is 5.82 Å². The smallest absolute Gasteiger partial charge is 0.224 e. The lowest BCUT2D eigenvalue weighted by molar-refractivity contribution is -0.114. The summed E-state index contributed by atoms with van der Waals surface area (Å²) in [5, 5.41) is 10.00. The van der Waals surface area contributed by atoms with Gasteiger partial charge in [-0.3, -0.25) is 4.79 Å². The van der Waals surface area contributed by atoms with Crippen molar-refractivity contribution in [3.8, 4) is 0 Å². The summed E-state index contributed by atoms with van der Waals surface area (Å²) in [6.07, 6.45) is 0.825. The fraction of sp³-hybridized carbons (Fsp3) is 0.190. The lowest BCUT2D eigenvalue weighted by atomic mass is 10.1. The zero-order valence-electron chi connectivity index (χ0n) is 15.8. The molecule has 0 radical (unpaired) electrons. The number of carbonyl (C=O) groups is 1. The summed E-state index contributed by atoms with van der Waals surface area (Å²) in [5.41, 5.74) is 3.64. The van der Waals surface area contributed by atoms with Crippen LogP contribution in [-0.4, -0.2) is 22.4 Å². The number of hydrogen-bond acceptors (Lipinski definition) is 5. The first-order valence-corrected chi connectivity index (χ1v) is 9.34. The molecular formula is C21H22ClN5O. The van der Waals surface area contributed by atoms with Crippen molar-refractivity contribution in [2.24, 2.45) is 0 Å². The van der Waals surface area contributed by atoms with Crippen LogP contribution < -0.4 is 16.0 Å². The molecule has 0 aliphatic carbocycles. The third-order valence-corrected chi connectivity index (χ3v) is 4.15. The third-order valence-electron chi connectivity index (χ3n) is 3.92. The van der Waals surface area contributed by atoms with E-state index in [0.29, 0.717) is 18.3 Å². The molecule has 0 atom stereocenters. The van der Waals surface area contributed by atoms with Gasteiger partial charge in [-0.15, -0.1) is 0 Å². The number of nitrogens with one attached hydrogen (secondary N) is 3. The van der Waals surface area contributed by atoms with Crippen molar-refractivity contribution in [2.75, 3.05) is 22.5 Å². The van der Waals surface area contributed by atoms with Gasteiger partial charge in [-0.2, -0.15) is 4.98 Å². The van der Waals surface area contributed by atoms with Crippen LogP contribution in [0.4, 0.5) is 23.1 Å². The molecule has 7 heteroatoms. The molecule has 1 aromatic heterocycles. The van der Waals surface area contributed by atoms with Crippen molar-refractivity contribution >= 4 is 40.6 Å². The fourth-order valence-electron chi connectivity index (χ4n) is 2.71. The van der Waals surface area contributed by atoms with Gasteiger partial charge in [0.25, 0.3) is 0 Å². The van der Waals surface area contributed by atoms with Crippen LogP contribution in [0.3, 0.4) is 0 Å². The largest absolute Gasteiger partial charge is 0.354 e. The van der Waals surface area contributed by atoms with E-state index in [1.165, 1.54) is 6.92 Å². The van der Waals surface area contributed by atoms with Gasteiger partial charge in [-0.25, -0.2) is 4.98 Å². The molecule has 0 aliphatic rings. The molecule has 144 valence electrons. The van der Waals surface area contributed by atoms with E-state index >= 15 is 0 Å². The molecule has 0 spiro atoms. The molecule has 2 aromatic carbocycles. The van der Waals surface area contributed by atoms with E-state index in [4.69, 9.17) is 11.6 Å². The molecule has 28 heavy (non-hydrogen) atoms. The van der Waals surface area contributed by atoms with Crippen LogP contribution in [0.15, 0.2) is 54.6 Å². The summed E-state index contributed by atoms with van der Waals surface area (Å²) in [7, 11) is 0. The molecule has 1 amide bonds. The highest BCUT2D eigenvalue weighted by molar-refractivity contribution is 6.30. The number of benzene rings is 2. The van der Waals surface area contributed by atoms with E-state index in [-0.39, 0.29) is 5.91 Å². The van der Waals surface area contributed by atoms with Crippen molar-refractivity contribution in [3.63, 3.8) is 0 Å². The first kappa shape index (κ1) is 19.6. The lowest BCUT2D eigenvalue weighted by Crippen LogP contribution is -2.09. The molecule has 1 heterocycles. The monoisotopic (exact) mass is 395 g/mol. The quantitative estimate of drug-likeness (QED) is 0.535. The maximum absolute atomic E-state index is 11.1. The van der Waals surface area contributed by atoms with Crippen LogP contribution in [-0.2, 0) is 11.2 Å². The summed E-state index contributed by atoms with van der Waals surface area (Å²) in [5.74, 6) is 1.17. The van der Waals surface area contributed by atoms with Crippen molar-refractivity contribution in [1.82, 2.24) is 9.97 Å². The standard InChI is InChI=1S/C21H22ClN5O/c1-14-12-20(26-19-8-6-18(7-9-19)25-15(2)28)27-21(24-14)23-11-10-16-4-3-5-17(22)13-16/h3-9,12-13H,10-11H2,1-2H3,(H,25,28)(H2,23,24,26,27). The Morgan fingerprint density at radius 2 is 1.79 bits per heavy atom. The topological polar surface area (TPSA) is 78.9 Å². The molecule has 0 saturated carbocycles. The minimum absolute atomic E-state index is 0.0966. The van der Waals surface area contributed by atoms with Gasteiger partial charge in [0.2, 0.25) is 11.9 Å². The van der Waals surface area contributed by atoms with Gasteiger partial charge in [0.05, 0.1) is 0 Å². The molecular weight excluding hydrogens is 374 g/mol. The molecule has 3 aromatic rings. The molecule has 0 fully saturated rings. The highest BCUT2D eigenvalue weighted by Crippen LogP contribution is 2.19. The second-order valence-electron chi connectivity index (χ2n) is 6.41. The summed E-state index contributed by atoms with van der Waals surface area (Å²) in [4.78, 5) is 20.1. The first-order valence-electron chi connectivity index (χ1n) is 8.96. The number of aromatic nitrogens is 2. The van der Waals surface area contributed by atoms with E-state index in [1.54, 1.807) is 0 Å². The second kappa shape index (κ2) is 9.19. The number of nitrogens with zero attached hydrogens (tertiary/aromatic N) is 2. The number of hydrogen-bond donors (Lipinski definition) is 3. The average Bonchev–Trinajstić information content (AvgIpc) is 2.63. The van der Waals surface area contributed by atoms with E-state index in [9.17, 15) is 4.79 Å². The molecule has 6 nitrogen and oxygen atoms in total. The van der Waals surface area contributed by atoms with Crippen LogP contribution in [0, 0.1) is 6.92 Å². The maximum Gasteiger partial charge on any atom is 0.224 e. The molecule has 0 unspecified atom stereocenters. The summed E-state index contributed by atoms with van der Waals surface area (Å²) in [6.45, 7) is 4.11. The summed E-state index contributed by atoms with van der Waals surface area (Å²) in [6, 6.07) is 17.1. The lowest BCUT2D eigenvalue weighted by Gasteiger charge is -2.11. The Morgan fingerprint density at radius 3 is 2.50 bits per heavy atom. The summed E-state index contributed by atoms with van der Waals surface area (Å²) < 4.78 is 0. The SMILES string of the molecule is CC(=O)Nc1ccc(Nc2cc(C)nc(NCCc3cccc(Cl)c3)n2)cc1. The predicted molar refractivity (Wildman–Crippen MR) is 114 cm³/mol. The van der Waals surface area contributed by atoms with Gasteiger partial charge >= 0.3 is 0 Å². The normalized spacial score (nSPS) is 10.4. The van der Waals surface area contributed by atoms with E-state index in [0.717, 1.165) is 34.1 Å². The van der Waals surface area contributed by atoms with E-state index in [2.05, 4.69) is 25.9 Å². The molecule has 0 bridgehead atoms. The molecule has 3 rings (SSSR count). The Balaban J connectivity index is 1.61. The summed E-state index contributed by atoms with van der Waals surface area (Å²) >= 11 is 6.02. The van der Waals surface area contributed by atoms with Crippen molar-refractivity contribution in [3.05, 3.63) is 70.9 Å². The molecule has 0 aliphatic heterocycles. The van der Waals surface area contributed by atoms with Crippen molar-refractivity contribution in [1.29, 1.82) is 0 Å². The molecule has 3 N–H and O–H groups in total. The van der Waals surface area contributed by atoms with Gasteiger partial charge in [-0.05, 0) is 55.3 Å². The van der Waals surface area contributed by atoms with Crippen LogP contribution in [0.25, 0.3) is 0 Å². The van der Waals surface area contributed by atoms with Gasteiger partial charge in [-0.1, -0.05) is 23.7 Å². The Labute approximate surface area is 169 Å². The number of anilines is 4. The average molecular weight is 396 g/mol. The third kappa shape index (κ3) is 5.96. The Hall–Kier alpha value is -3.12. The number of rotatable bonds is 7. The van der Waals surface area contributed by atoms with Crippen LogP contribution in [0.1, 0.15) is 18.2 Å². The number of carbonyl (C=O) groups excluding carboxylic acids is 1. The van der Waals surface area contributed by atoms with Gasteiger partial charge in [0.15, 0.2) is 0 Å². The minimum atomic E-state index is -0.0966. The number of aryl methyl sites for hydroxylation is 1. The molecule has 0 saturated heterocycles. The van der Waals surface area contributed by atoms with Crippen LogP contribution in [0.5, 0.6) is 0 Å². The Morgan fingerprint density at radius 1 is 1.04 bits per heavy atom. The van der Waals surface area contributed by atoms with Gasteiger partial charge < -0.3 is 16.0 Å². The number of halogens is 1. The van der Waals surface area contributed by atoms with E-state index in [1.807, 2.05) is 61.5 Å². The Bertz CT molecular complexity index is 959. The van der Waals surface area contributed by atoms with E-state index < -0.39 is 0 Å². The predicted octanol–water partition coefficient (Wildman–Crippen LogP) is 4.80. The van der Waals surface area contributed by atoms with Crippen LogP contribution >= 0.6 is 11.6 Å².